The Morgan fingerprint density at radius 1 is 1.21 bits per heavy atom. The number of nitrogens with two attached hydrogens (primary N) is 1. The van der Waals surface area contributed by atoms with Gasteiger partial charge >= 0.3 is 0 Å². The second-order valence-corrected chi connectivity index (χ2v) is 5.79. The number of methoxy groups -OCH3 is 2. The quantitative estimate of drug-likeness (QED) is 0.857. The lowest BCUT2D eigenvalue weighted by molar-refractivity contribution is 0.258. The Morgan fingerprint density at radius 2 is 1.84 bits per heavy atom. The Hall–Kier alpha value is -1.26. The summed E-state index contributed by atoms with van der Waals surface area (Å²) in [5.74, 6) is 1.68. The summed E-state index contributed by atoms with van der Waals surface area (Å²) in [5.41, 5.74) is 8.19. The summed E-state index contributed by atoms with van der Waals surface area (Å²) in [7, 11) is 5.42. The Labute approximate surface area is 116 Å². The number of likely N-dealkylation sites (N-methyl/N-ethyl adjacent to an activating group) is 1. The molecule has 0 saturated carbocycles. The summed E-state index contributed by atoms with van der Waals surface area (Å²) in [4.78, 5) is 2.21. The highest BCUT2D eigenvalue weighted by atomic mass is 16.5. The molecule has 0 radical (unpaired) electrons. The fourth-order valence-corrected chi connectivity index (χ4v) is 2.28. The molecule has 0 bridgehead atoms. The molecule has 0 atom stereocenters. The molecule has 0 heterocycles. The van der Waals surface area contributed by atoms with Crippen molar-refractivity contribution in [2.24, 2.45) is 5.73 Å². The molecule has 0 spiro atoms. The second-order valence-electron chi connectivity index (χ2n) is 5.79. The number of ether oxygens (including phenoxy) is 2. The van der Waals surface area contributed by atoms with E-state index in [1.807, 2.05) is 26.0 Å². The first-order chi connectivity index (χ1) is 8.76. The zero-order valence-corrected chi connectivity index (χ0v) is 12.9. The molecular formula is C15H26N2O2. The SMILES string of the molecule is COc1cc(C)c(CN(C)CC(C)(C)N)c(OC)c1. The van der Waals surface area contributed by atoms with Crippen LogP contribution in [0, 0.1) is 6.92 Å². The van der Waals surface area contributed by atoms with Crippen molar-refractivity contribution in [1.29, 1.82) is 0 Å². The van der Waals surface area contributed by atoms with E-state index >= 15 is 0 Å². The highest BCUT2D eigenvalue weighted by Gasteiger charge is 2.17. The number of benzene rings is 1. The first-order valence-electron chi connectivity index (χ1n) is 6.45. The lowest BCUT2D eigenvalue weighted by Crippen LogP contribution is -2.43. The van der Waals surface area contributed by atoms with E-state index in [4.69, 9.17) is 15.2 Å². The summed E-state index contributed by atoms with van der Waals surface area (Å²) in [6.07, 6.45) is 0. The highest BCUT2D eigenvalue weighted by Crippen LogP contribution is 2.29. The minimum absolute atomic E-state index is 0.206. The topological polar surface area (TPSA) is 47.7 Å². The summed E-state index contributed by atoms with van der Waals surface area (Å²) in [6, 6.07) is 3.95. The molecule has 0 aliphatic rings. The monoisotopic (exact) mass is 266 g/mol. The minimum atomic E-state index is -0.206. The molecular weight excluding hydrogens is 240 g/mol. The molecule has 19 heavy (non-hydrogen) atoms. The predicted octanol–water partition coefficient (Wildman–Crippen LogP) is 2.18. The number of hydrogen-bond acceptors (Lipinski definition) is 4. The smallest absolute Gasteiger partial charge is 0.127 e. The van der Waals surface area contributed by atoms with Gasteiger partial charge in [0.1, 0.15) is 11.5 Å². The lowest BCUT2D eigenvalue weighted by Gasteiger charge is -2.27. The average Bonchev–Trinajstić information content (AvgIpc) is 2.29. The van der Waals surface area contributed by atoms with Crippen molar-refractivity contribution in [2.45, 2.75) is 32.9 Å². The standard InChI is InChI=1S/C15H26N2O2/c1-11-7-12(18-5)8-14(19-6)13(11)9-17(4)10-15(2,3)16/h7-8H,9-10,16H2,1-6H3. The summed E-state index contributed by atoms with van der Waals surface area (Å²) in [5, 5.41) is 0. The highest BCUT2D eigenvalue weighted by molar-refractivity contribution is 5.46. The van der Waals surface area contributed by atoms with Crippen LogP contribution in [0.2, 0.25) is 0 Å². The Bertz CT molecular complexity index is 425. The summed E-state index contributed by atoms with van der Waals surface area (Å²) >= 11 is 0. The molecule has 0 unspecified atom stereocenters. The molecule has 0 amide bonds. The second kappa shape index (κ2) is 6.26. The van der Waals surface area contributed by atoms with E-state index in [-0.39, 0.29) is 5.54 Å². The van der Waals surface area contributed by atoms with E-state index in [1.54, 1.807) is 14.2 Å². The molecule has 2 N–H and O–H groups in total. The van der Waals surface area contributed by atoms with Crippen molar-refractivity contribution < 1.29 is 9.47 Å². The largest absolute Gasteiger partial charge is 0.497 e. The number of nitrogens with zero attached hydrogens (tertiary/aromatic N) is 1. The van der Waals surface area contributed by atoms with Gasteiger partial charge < -0.3 is 20.1 Å². The van der Waals surface area contributed by atoms with Crippen molar-refractivity contribution in [3.63, 3.8) is 0 Å². The maximum Gasteiger partial charge on any atom is 0.127 e. The van der Waals surface area contributed by atoms with Crippen molar-refractivity contribution >= 4 is 0 Å². The fourth-order valence-electron chi connectivity index (χ4n) is 2.28. The van der Waals surface area contributed by atoms with Crippen LogP contribution in [-0.4, -0.2) is 38.3 Å². The number of hydrogen-bond donors (Lipinski definition) is 1. The van der Waals surface area contributed by atoms with Crippen LogP contribution in [0.1, 0.15) is 25.0 Å². The zero-order valence-electron chi connectivity index (χ0n) is 12.9. The molecule has 0 saturated heterocycles. The average molecular weight is 266 g/mol. The molecule has 0 aliphatic heterocycles. The van der Waals surface area contributed by atoms with Crippen LogP contribution in [0.5, 0.6) is 11.5 Å². The first-order valence-corrected chi connectivity index (χ1v) is 6.45. The van der Waals surface area contributed by atoms with Crippen molar-refractivity contribution in [3.8, 4) is 11.5 Å². The van der Waals surface area contributed by atoms with Gasteiger partial charge in [-0.3, -0.25) is 0 Å². The Morgan fingerprint density at radius 3 is 2.32 bits per heavy atom. The third-order valence-corrected chi connectivity index (χ3v) is 2.97. The third-order valence-electron chi connectivity index (χ3n) is 2.97. The summed E-state index contributed by atoms with van der Waals surface area (Å²) < 4.78 is 10.7. The van der Waals surface area contributed by atoms with Crippen LogP contribution >= 0.6 is 0 Å². The maximum atomic E-state index is 6.05. The van der Waals surface area contributed by atoms with Crippen molar-refractivity contribution in [2.75, 3.05) is 27.8 Å². The summed E-state index contributed by atoms with van der Waals surface area (Å²) in [6.45, 7) is 7.76. The van der Waals surface area contributed by atoms with E-state index < -0.39 is 0 Å². The van der Waals surface area contributed by atoms with Gasteiger partial charge in [0, 0.05) is 30.3 Å². The van der Waals surface area contributed by atoms with Gasteiger partial charge in [-0.25, -0.2) is 0 Å². The van der Waals surface area contributed by atoms with E-state index in [0.717, 1.165) is 30.2 Å². The minimum Gasteiger partial charge on any atom is -0.497 e. The van der Waals surface area contributed by atoms with E-state index in [2.05, 4.69) is 18.9 Å². The molecule has 108 valence electrons. The molecule has 4 heteroatoms. The van der Waals surface area contributed by atoms with Crippen molar-refractivity contribution in [3.05, 3.63) is 23.3 Å². The van der Waals surface area contributed by atoms with Gasteiger partial charge in [0.2, 0.25) is 0 Å². The van der Waals surface area contributed by atoms with Crippen LogP contribution in [-0.2, 0) is 6.54 Å². The first kappa shape index (κ1) is 15.8. The van der Waals surface area contributed by atoms with Crippen LogP contribution in [0.3, 0.4) is 0 Å². The predicted molar refractivity (Wildman–Crippen MR) is 78.9 cm³/mol. The van der Waals surface area contributed by atoms with E-state index in [1.165, 1.54) is 5.56 Å². The van der Waals surface area contributed by atoms with E-state index in [0.29, 0.717) is 0 Å². The van der Waals surface area contributed by atoms with Crippen LogP contribution < -0.4 is 15.2 Å². The molecule has 1 rings (SSSR count). The number of aryl methyl sites for hydroxylation is 1. The van der Waals surface area contributed by atoms with Gasteiger partial charge in [0.15, 0.2) is 0 Å². The van der Waals surface area contributed by atoms with Gasteiger partial charge in [0.25, 0.3) is 0 Å². The molecule has 0 fully saturated rings. The molecule has 4 nitrogen and oxygen atoms in total. The maximum absolute atomic E-state index is 6.05. The fraction of sp³-hybridized carbons (Fsp3) is 0.600. The molecule has 1 aromatic rings. The van der Waals surface area contributed by atoms with Crippen LogP contribution in [0.25, 0.3) is 0 Å². The van der Waals surface area contributed by atoms with Crippen LogP contribution in [0.4, 0.5) is 0 Å². The van der Waals surface area contributed by atoms with Crippen LogP contribution in [0.15, 0.2) is 12.1 Å². The zero-order chi connectivity index (χ0) is 14.6. The van der Waals surface area contributed by atoms with Crippen molar-refractivity contribution in [1.82, 2.24) is 4.90 Å². The molecule has 1 aromatic carbocycles. The third kappa shape index (κ3) is 4.73. The lowest BCUT2D eigenvalue weighted by atomic mass is 10.0. The van der Waals surface area contributed by atoms with Gasteiger partial charge in [-0.2, -0.15) is 0 Å². The van der Waals surface area contributed by atoms with E-state index in [9.17, 15) is 0 Å². The van der Waals surface area contributed by atoms with Gasteiger partial charge in [0.05, 0.1) is 14.2 Å². The Balaban J connectivity index is 2.94. The van der Waals surface area contributed by atoms with Gasteiger partial charge in [-0.05, 0) is 39.4 Å². The van der Waals surface area contributed by atoms with Gasteiger partial charge in [-0.15, -0.1) is 0 Å². The van der Waals surface area contributed by atoms with Gasteiger partial charge in [-0.1, -0.05) is 0 Å². The molecule has 0 aliphatic carbocycles. The molecule has 0 aromatic heterocycles. The Kier molecular flexibility index (Phi) is 5.20. The normalized spacial score (nSPS) is 11.8. The number of rotatable bonds is 6.